The Kier molecular flexibility index (Phi) is 3.59. The third-order valence-corrected chi connectivity index (χ3v) is 2.36. The zero-order chi connectivity index (χ0) is 11.4. The average Bonchev–Trinajstić information content (AvgIpc) is 2.27. The van der Waals surface area contributed by atoms with Gasteiger partial charge < -0.3 is 0 Å². The highest BCUT2D eigenvalue weighted by molar-refractivity contribution is 6.48. The van der Waals surface area contributed by atoms with E-state index in [1.165, 1.54) is 6.92 Å². The van der Waals surface area contributed by atoms with Gasteiger partial charge in [0, 0.05) is 6.92 Å². The van der Waals surface area contributed by atoms with E-state index < -0.39 is 16.9 Å². The highest BCUT2D eigenvalue weighted by Crippen LogP contribution is 2.21. The van der Waals surface area contributed by atoms with Crippen LogP contribution in [-0.4, -0.2) is 11.6 Å². The van der Waals surface area contributed by atoms with Crippen LogP contribution < -0.4 is 0 Å². The van der Waals surface area contributed by atoms with Gasteiger partial charge in [0.25, 0.3) is 0 Å². The topological polar surface area (TPSA) is 57.9 Å². The Labute approximate surface area is 92.3 Å². The number of ketones is 2. The number of carbonyl (C=O) groups is 2. The van der Waals surface area contributed by atoms with Crippen LogP contribution in [0.2, 0.25) is 0 Å². The van der Waals surface area contributed by atoms with E-state index >= 15 is 0 Å². The summed E-state index contributed by atoms with van der Waals surface area (Å²) in [6.45, 7) is 1.18. The maximum absolute atomic E-state index is 11.3. The first kappa shape index (κ1) is 11.4. The summed E-state index contributed by atoms with van der Waals surface area (Å²) in [4.78, 5) is 22.0. The first-order valence-electron chi connectivity index (χ1n) is 4.25. The number of hydrogen-bond donors (Lipinski definition) is 0. The molecule has 1 aromatic rings. The monoisotopic (exact) mass is 221 g/mol. The highest BCUT2D eigenvalue weighted by atomic mass is 35.5. The summed E-state index contributed by atoms with van der Waals surface area (Å²) >= 11 is 5.79. The summed E-state index contributed by atoms with van der Waals surface area (Å²) in [7, 11) is 0. The molecule has 1 rings (SSSR count). The largest absolute Gasteiger partial charge is 0.291 e. The Balaban J connectivity index is 2.93. The van der Waals surface area contributed by atoms with Crippen LogP contribution in [-0.2, 0) is 9.59 Å². The van der Waals surface area contributed by atoms with Gasteiger partial charge in [-0.05, 0) is 17.7 Å². The number of benzene rings is 1. The van der Waals surface area contributed by atoms with Gasteiger partial charge >= 0.3 is 0 Å². The number of rotatable bonds is 3. The summed E-state index contributed by atoms with van der Waals surface area (Å²) in [6, 6.07) is 8.19. The molecular weight excluding hydrogens is 214 g/mol. The van der Waals surface area contributed by atoms with Crippen LogP contribution in [0.5, 0.6) is 0 Å². The number of nitrogens with zero attached hydrogens (tertiary/aromatic N) is 1. The van der Waals surface area contributed by atoms with Gasteiger partial charge in [-0.3, -0.25) is 9.59 Å². The normalized spacial score (nSPS) is 11.5. The molecule has 1 aromatic carbocycles. The lowest BCUT2D eigenvalue weighted by molar-refractivity contribution is -0.135. The highest BCUT2D eigenvalue weighted by Gasteiger charge is 2.21. The van der Waals surface area contributed by atoms with Crippen molar-refractivity contribution < 1.29 is 9.59 Å². The second kappa shape index (κ2) is 4.72. The molecule has 0 aliphatic carbocycles. The maximum Gasteiger partial charge on any atom is 0.220 e. The van der Waals surface area contributed by atoms with Gasteiger partial charge in [0.2, 0.25) is 5.78 Å². The van der Waals surface area contributed by atoms with Crippen molar-refractivity contribution in [1.29, 1.82) is 5.26 Å². The van der Waals surface area contributed by atoms with E-state index in [-0.39, 0.29) is 0 Å². The van der Waals surface area contributed by atoms with Crippen molar-refractivity contribution in [3.63, 3.8) is 0 Å². The second-order valence-corrected chi connectivity index (χ2v) is 3.45. The summed E-state index contributed by atoms with van der Waals surface area (Å²) in [5, 5.41) is 7.60. The van der Waals surface area contributed by atoms with Crippen LogP contribution in [0.3, 0.4) is 0 Å². The van der Waals surface area contributed by atoms with Crippen molar-refractivity contribution in [3.8, 4) is 6.07 Å². The fraction of sp³-hybridized carbons (Fsp3) is 0.182. The van der Waals surface area contributed by atoms with Crippen molar-refractivity contribution in [2.45, 2.75) is 12.3 Å². The average molecular weight is 222 g/mol. The van der Waals surface area contributed by atoms with Gasteiger partial charge in [-0.15, -0.1) is 11.6 Å². The van der Waals surface area contributed by atoms with Crippen LogP contribution in [0.25, 0.3) is 0 Å². The van der Waals surface area contributed by atoms with E-state index in [4.69, 9.17) is 16.9 Å². The van der Waals surface area contributed by atoms with Gasteiger partial charge in [0.15, 0.2) is 5.78 Å². The molecule has 0 aliphatic heterocycles. The molecule has 0 bridgehead atoms. The molecule has 0 saturated heterocycles. The standard InChI is InChI=1S/C11H8ClNO2/c1-7(14)11(15)10(12)9-4-2-8(6-13)3-5-9/h2-5,10H,1H3. The SMILES string of the molecule is CC(=O)C(=O)C(Cl)c1ccc(C#N)cc1. The Hall–Kier alpha value is -1.66. The minimum Gasteiger partial charge on any atom is -0.291 e. The number of nitriles is 1. The maximum atomic E-state index is 11.3. The van der Waals surface area contributed by atoms with Crippen LogP contribution in [0, 0.1) is 11.3 Å². The number of carbonyl (C=O) groups excluding carboxylic acids is 2. The van der Waals surface area contributed by atoms with Crippen molar-refractivity contribution in [1.82, 2.24) is 0 Å². The van der Waals surface area contributed by atoms with Gasteiger partial charge in [-0.25, -0.2) is 0 Å². The van der Waals surface area contributed by atoms with E-state index in [1.54, 1.807) is 24.3 Å². The van der Waals surface area contributed by atoms with Crippen molar-refractivity contribution in [2.75, 3.05) is 0 Å². The molecule has 0 amide bonds. The molecule has 0 aliphatic rings. The van der Waals surface area contributed by atoms with E-state index in [0.717, 1.165) is 0 Å². The van der Waals surface area contributed by atoms with Gasteiger partial charge in [0.1, 0.15) is 5.38 Å². The Morgan fingerprint density at radius 1 is 1.33 bits per heavy atom. The summed E-state index contributed by atoms with van der Waals surface area (Å²) in [5.41, 5.74) is 1.01. The van der Waals surface area contributed by atoms with Crippen molar-refractivity contribution >= 4 is 23.2 Å². The predicted molar refractivity (Wildman–Crippen MR) is 55.4 cm³/mol. The molecule has 4 heteroatoms. The molecule has 0 radical (unpaired) electrons. The summed E-state index contributed by atoms with van der Waals surface area (Å²) < 4.78 is 0. The van der Waals surface area contributed by atoms with E-state index in [2.05, 4.69) is 0 Å². The van der Waals surface area contributed by atoms with E-state index in [1.807, 2.05) is 6.07 Å². The first-order chi connectivity index (χ1) is 7.06. The molecule has 15 heavy (non-hydrogen) atoms. The quantitative estimate of drug-likeness (QED) is 0.579. The molecule has 3 nitrogen and oxygen atoms in total. The minimum absolute atomic E-state index is 0.484. The molecular formula is C11H8ClNO2. The molecule has 0 spiro atoms. The Morgan fingerprint density at radius 3 is 2.27 bits per heavy atom. The smallest absolute Gasteiger partial charge is 0.220 e. The molecule has 1 unspecified atom stereocenters. The molecule has 0 fully saturated rings. The van der Waals surface area contributed by atoms with Gasteiger partial charge in [0.05, 0.1) is 11.6 Å². The van der Waals surface area contributed by atoms with Crippen LogP contribution >= 0.6 is 11.6 Å². The lowest BCUT2D eigenvalue weighted by Crippen LogP contribution is -2.15. The van der Waals surface area contributed by atoms with Crippen molar-refractivity contribution in [2.24, 2.45) is 0 Å². The van der Waals surface area contributed by atoms with E-state index in [9.17, 15) is 9.59 Å². The van der Waals surface area contributed by atoms with Crippen LogP contribution in [0.15, 0.2) is 24.3 Å². The minimum atomic E-state index is -0.963. The molecule has 0 saturated carbocycles. The molecule has 0 aromatic heterocycles. The predicted octanol–water partition coefficient (Wildman–Crippen LogP) is 2.00. The Morgan fingerprint density at radius 2 is 1.87 bits per heavy atom. The van der Waals surface area contributed by atoms with Gasteiger partial charge in [-0.1, -0.05) is 12.1 Å². The molecule has 0 N–H and O–H groups in total. The summed E-state index contributed by atoms with van der Waals surface area (Å²) in [6.07, 6.45) is 0. The van der Waals surface area contributed by atoms with Crippen LogP contribution in [0.1, 0.15) is 23.4 Å². The summed E-state index contributed by atoms with van der Waals surface area (Å²) in [5.74, 6) is -1.21. The fourth-order valence-electron chi connectivity index (χ4n) is 1.06. The lowest BCUT2D eigenvalue weighted by atomic mass is 10.0. The number of hydrogen-bond acceptors (Lipinski definition) is 3. The van der Waals surface area contributed by atoms with Gasteiger partial charge in [-0.2, -0.15) is 5.26 Å². The third-order valence-electron chi connectivity index (χ3n) is 1.91. The van der Waals surface area contributed by atoms with Crippen molar-refractivity contribution in [3.05, 3.63) is 35.4 Å². The zero-order valence-electron chi connectivity index (χ0n) is 8.03. The number of halogens is 1. The first-order valence-corrected chi connectivity index (χ1v) is 4.69. The van der Waals surface area contributed by atoms with E-state index in [0.29, 0.717) is 11.1 Å². The number of Topliss-reactive ketones (excluding diaryl/α,β-unsaturated/α-hetero) is 2. The molecule has 1 atom stereocenters. The lowest BCUT2D eigenvalue weighted by Gasteiger charge is -2.05. The number of alkyl halides is 1. The zero-order valence-corrected chi connectivity index (χ0v) is 8.78. The second-order valence-electron chi connectivity index (χ2n) is 3.02. The molecule has 76 valence electrons. The molecule has 0 heterocycles. The van der Waals surface area contributed by atoms with Crippen LogP contribution in [0.4, 0.5) is 0 Å². The Bertz CT molecular complexity index is 431. The fourth-order valence-corrected chi connectivity index (χ4v) is 1.36. The third kappa shape index (κ3) is 2.64.